The van der Waals surface area contributed by atoms with E-state index in [0.29, 0.717) is 17.8 Å². The first-order chi connectivity index (χ1) is 16.1. The molecule has 0 spiro atoms. The molecule has 0 aliphatic rings. The molecular formula is C22H26N4O6S2. The fourth-order valence-corrected chi connectivity index (χ4v) is 5.18. The summed E-state index contributed by atoms with van der Waals surface area (Å²) >= 11 is 1.26. The molecule has 182 valence electrons. The molecule has 3 rings (SSSR count). The van der Waals surface area contributed by atoms with Gasteiger partial charge in [-0.25, -0.2) is 22.6 Å². The number of aromatic carboxylic acids is 1. The lowest BCUT2D eigenvalue weighted by molar-refractivity contribution is 0.0688. The maximum Gasteiger partial charge on any atom is 0.356 e. The number of hydrogen-bond donors (Lipinski definition) is 3. The third-order valence-electron chi connectivity index (χ3n) is 5.04. The summed E-state index contributed by atoms with van der Waals surface area (Å²) in [5.74, 6) is -1.49. The number of amides is 1. The van der Waals surface area contributed by atoms with Crippen LogP contribution in [0.5, 0.6) is 11.6 Å². The van der Waals surface area contributed by atoms with Gasteiger partial charge in [0.25, 0.3) is 5.91 Å². The van der Waals surface area contributed by atoms with Crippen LogP contribution in [0, 0.1) is 6.92 Å². The van der Waals surface area contributed by atoms with Crippen molar-refractivity contribution in [2.75, 3.05) is 5.32 Å². The molecule has 3 N–H and O–H groups in total. The van der Waals surface area contributed by atoms with Crippen molar-refractivity contribution in [2.45, 2.75) is 51.6 Å². The van der Waals surface area contributed by atoms with Crippen molar-refractivity contribution in [3.05, 3.63) is 51.8 Å². The maximum absolute atomic E-state index is 13.2. The number of sulfonamides is 1. The third kappa shape index (κ3) is 5.46. The molecule has 12 heteroatoms. The summed E-state index contributed by atoms with van der Waals surface area (Å²) in [5, 5.41) is 17.9. The first-order valence-electron chi connectivity index (χ1n) is 10.6. The molecule has 0 fully saturated rings. The molecule has 10 nitrogen and oxygen atoms in total. The highest BCUT2D eigenvalue weighted by Crippen LogP contribution is 2.34. The Kier molecular flexibility index (Phi) is 7.75. The fourth-order valence-electron chi connectivity index (χ4n) is 3.08. The van der Waals surface area contributed by atoms with Gasteiger partial charge in [0.1, 0.15) is 10.6 Å². The number of thiophene rings is 1. The largest absolute Gasteiger partial charge is 0.476 e. The average Bonchev–Trinajstić information content (AvgIpc) is 3.43. The third-order valence-corrected chi connectivity index (χ3v) is 7.52. The van der Waals surface area contributed by atoms with E-state index >= 15 is 0 Å². The number of anilines is 1. The molecule has 0 saturated carbocycles. The Bertz CT molecular complexity index is 1300. The number of carbonyl (C=O) groups is 2. The summed E-state index contributed by atoms with van der Waals surface area (Å²) in [6, 6.07) is 7.31. The molecule has 2 heterocycles. The number of benzene rings is 1. The lowest BCUT2D eigenvalue weighted by atomic mass is 10.2. The minimum Gasteiger partial charge on any atom is -0.476 e. The number of aromatic nitrogens is 2. The molecule has 3 aromatic rings. The Morgan fingerprint density at radius 1 is 1.26 bits per heavy atom. The van der Waals surface area contributed by atoms with Gasteiger partial charge in [-0.1, -0.05) is 13.0 Å². The molecule has 0 saturated heterocycles. The smallest absolute Gasteiger partial charge is 0.356 e. The van der Waals surface area contributed by atoms with Crippen LogP contribution in [0.25, 0.3) is 0 Å². The van der Waals surface area contributed by atoms with Crippen LogP contribution < -0.4 is 14.8 Å². The van der Waals surface area contributed by atoms with Crippen molar-refractivity contribution >= 4 is 38.9 Å². The predicted molar refractivity (Wildman–Crippen MR) is 128 cm³/mol. The number of carboxylic acids is 1. The highest BCUT2D eigenvalue weighted by molar-refractivity contribution is 7.89. The van der Waals surface area contributed by atoms with E-state index in [-0.39, 0.29) is 45.4 Å². The Labute approximate surface area is 201 Å². The van der Waals surface area contributed by atoms with Gasteiger partial charge >= 0.3 is 5.97 Å². The van der Waals surface area contributed by atoms with Gasteiger partial charge in [-0.3, -0.25) is 4.79 Å². The topological polar surface area (TPSA) is 140 Å². The van der Waals surface area contributed by atoms with Gasteiger partial charge < -0.3 is 15.2 Å². The minimum absolute atomic E-state index is 0.0282. The Morgan fingerprint density at radius 2 is 2.00 bits per heavy atom. The van der Waals surface area contributed by atoms with E-state index in [1.807, 2.05) is 6.92 Å². The maximum atomic E-state index is 13.2. The van der Waals surface area contributed by atoms with Crippen molar-refractivity contribution in [1.82, 2.24) is 14.5 Å². The van der Waals surface area contributed by atoms with Gasteiger partial charge in [0.15, 0.2) is 5.69 Å². The second kappa shape index (κ2) is 10.4. The molecular weight excluding hydrogens is 480 g/mol. The first kappa shape index (κ1) is 25.4. The summed E-state index contributed by atoms with van der Waals surface area (Å²) in [5.41, 5.74) is 0.351. The molecule has 34 heavy (non-hydrogen) atoms. The number of carbonyl (C=O) groups excluding carboxylic acids is 1. The molecule has 0 aliphatic carbocycles. The quantitative estimate of drug-likeness (QED) is 0.376. The number of carboxylic acid groups (broad SMARTS) is 1. The van der Waals surface area contributed by atoms with E-state index in [4.69, 9.17) is 4.74 Å². The van der Waals surface area contributed by atoms with Crippen LogP contribution in [0.2, 0.25) is 0 Å². The van der Waals surface area contributed by atoms with Crippen molar-refractivity contribution in [3.8, 4) is 11.6 Å². The lowest BCUT2D eigenvalue weighted by Gasteiger charge is -2.17. The van der Waals surface area contributed by atoms with Crippen molar-refractivity contribution in [3.63, 3.8) is 0 Å². The van der Waals surface area contributed by atoms with Crippen LogP contribution in [-0.4, -0.2) is 41.2 Å². The van der Waals surface area contributed by atoms with Crippen molar-refractivity contribution in [2.24, 2.45) is 0 Å². The van der Waals surface area contributed by atoms with Crippen LogP contribution in [0.15, 0.2) is 40.6 Å². The van der Waals surface area contributed by atoms with E-state index < -0.39 is 16.0 Å². The molecule has 1 atom stereocenters. The molecule has 2 aromatic heterocycles. The molecule has 0 unspecified atom stereocenters. The van der Waals surface area contributed by atoms with Crippen molar-refractivity contribution in [1.29, 1.82) is 0 Å². The number of nitrogens with one attached hydrogen (secondary N) is 2. The summed E-state index contributed by atoms with van der Waals surface area (Å²) in [7, 11) is -4.05. The highest BCUT2D eigenvalue weighted by Gasteiger charge is 2.26. The molecule has 1 amide bonds. The zero-order chi connectivity index (χ0) is 25.0. The number of rotatable bonds is 10. The monoisotopic (exact) mass is 506 g/mol. The van der Waals surface area contributed by atoms with Gasteiger partial charge in [0.05, 0.1) is 4.88 Å². The van der Waals surface area contributed by atoms with Gasteiger partial charge in [0, 0.05) is 23.8 Å². The van der Waals surface area contributed by atoms with Crippen LogP contribution >= 0.6 is 11.3 Å². The average molecular weight is 507 g/mol. The van der Waals surface area contributed by atoms with Crippen molar-refractivity contribution < 1.29 is 27.9 Å². The van der Waals surface area contributed by atoms with Crippen LogP contribution in [0.1, 0.15) is 52.9 Å². The van der Waals surface area contributed by atoms with Gasteiger partial charge in [-0.05, 0) is 56.8 Å². The molecule has 0 aliphatic heterocycles. The molecule has 1 aromatic carbocycles. The standard InChI is InChI=1S/C22H26N4O6S2/c1-5-13(3)25-34(30,31)18-12-15(23-20(27)17-8-7-11-33-17)9-10-16(18)32-21-14(4)19(22(28)29)24-26(21)6-2/h7-13,25H,5-6H2,1-4H3,(H,23,27)(H,28,29)/t13-/m1/s1. The molecule has 0 radical (unpaired) electrons. The normalized spacial score (nSPS) is 12.4. The lowest BCUT2D eigenvalue weighted by Crippen LogP contribution is -2.32. The fraction of sp³-hybridized carbons (Fsp3) is 0.318. The number of aryl methyl sites for hydroxylation is 1. The number of nitrogens with zero attached hydrogens (tertiary/aromatic N) is 2. The highest BCUT2D eigenvalue weighted by atomic mass is 32.2. The first-order valence-corrected chi connectivity index (χ1v) is 12.9. The van der Waals surface area contributed by atoms with E-state index in [1.54, 1.807) is 38.3 Å². The van der Waals surface area contributed by atoms with E-state index in [0.717, 1.165) is 0 Å². The zero-order valence-electron chi connectivity index (χ0n) is 19.2. The summed E-state index contributed by atoms with van der Waals surface area (Å²) in [6.07, 6.45) is 0.563. The van der Waals surface area contributed by atoms with Gasteiger partial charge in [-0.2, -0.15) is 5.10 Å². The van der Waals surface area contributed by atoms with Gasteiger partial charge in [0.2, 0.25) is 15.9 Å². The van der Waals surface area contributed by atoms with Crippen LogP contribution in [0.3, 0.4) is 0 Å². The minimum atomic E-state index is -4.05. The number of hydrogen-bond acceptors (Lipinski definition) is 7. The van der Waals surface area contributed by atoms with Gasteiger partial charge in [-0.15, -0.1) is 11.3 Å². The summed E-state index contributed by atoms with van der Waals surface area (Å²) < 4.78 is 36.3. The second-order valence-electron chi connectivity index (χ2n) is 7.53. The second-order valence-corrected chi connectivity index (χ2v) is 10.2. The van der Waals surface area contributed by atoms with Crippen LogP contribution in [0.4, 0.5) is 5.69 Å². The Hall–Kier alpha value is -3.22. The number of ether oxygens (including phenoxy) is 1. The Morgan fingerprint density at radius 3 is 2.59 bits per heavy atom. The SMILES string of the molecule is CC[C@@H](C)NS(=O)(=O)c1cc(NC(=O)c2cccs2)ccc1Oc1c(C)c(C(=O)O)nn1CC. The summed E-state index contributed by atoms with van der Waals surface area (Å²) in [6.45, 7) is 7.19. The van der Waals surface area contributed by atoms with E-state index in [2.05, 4.69) is 15.1 Å². The summed E-state index contributed by atoms with van der Waals surface area (Å²) in [4.78, 5) is 24.3. The predicted octanol–water partition coefficient (Wildman–Crippen LogP) is 4.09. The van der Waals surface area contributed by atoms with E-state index in [9.17, 15) is 23.1 Å². The molecule has 0 bridgehead atoms. The van der Waals surface area contributed by atoms with Crippen LogP contribution in [-0.2, 0) is 16.6 Å². The zero-order valence-corrected chi connectivity index (χ0v) is 20.8. The van der Waals surface area contributed by atoms with E-state index in [1.165, 1.54) is 34.2 Å². The Balaban J connectivity index is 2.06.